The molecule has 9 nitrogen and oxygen atoms in total. The Morgan fingerprint density at radius 2 is 1.78 bits per heavy atom. The number of likely N-dealkylation sites (N-methyl/N-ethyl adjacent to an activating group) is 1. The molecule has 2 unspecified atom stereocenters. The minimum Gasteiger partial charge on any atom is -0.480 e. The van der Waals surface area contributed by atoms with Crippen molar-refractivity contribution in [1.29, 1.82) is 0 Å². The second-order valence-corrected chi connectivity index (χ2v) is 7.98. The van der Waals surface area contributed by atoms with E-state index in [1.807, 2.05) is 53.4 Å². The normalized spacial score (nSPS) is 22.1. The molecule has 3 heterocycles. The maximum absolute atomic E-state index is 13.2. The van der Waals surface area contributed by atoms with Gasteiger partial charge in [0.25, 0.3) is 5.91 Å². The van der Waals surface area contributed by atoms with E-state index in [-0.39, 0.29) is 0 Å². The fourth-order valence-electron chi connectivity index (χ4n) is 4.20. The standard InChI is InChI=1S/C22H18ClN5O4/c1-25-19-18(20(31)27(22(25)32)12-17(29)30)26-11-16(13-7-3-2-4-8-13)28(21(26)24-19)15-10-6-5-9-14(15)23/h2-11,18-19H,12H2,1H3,(H,29,30). The van der Waals surface area contributed by atoms with Gasteiger partial charge in [-0.3, -0.25) is 24.3 Å². The third kappa shape index (κ3) is 2.93. The number of imide groups is 1. The molecule has 2 aromatic carbocycles. The number of anilines is 1. The summed E-state index contributed by atoms with van der Waals surface area (Å²) in [6.45, 7) is -0.710. The number of hydrogen-bond acceptors (Lipinski definition) is 6. The number of para-hydroxylation sites is 1. The van der Waals surface area contributed by atoms with Gasteiger partial charge in [-0.15, -0.1) is 0 Å². The van der Waals surface area contributed by atoms with Crippen LogP contribution in [-0.2, 0) is 9.59 Å². The highest BCUT2D eigenvalue weighted by Crippen LogP contribution is 2.41. The van der Waals surface area contributed by atoms with Crippen LogP contribution in [0.2, 0.25) is 5.02 Å². The Hall–Kier alpha value is -3.85. The number of carbonyl (C=O) groups excluding carboxylic acids is 2. The summed E-state index contributed by atoms with van der Waals surface area (Å²) in [6.07, 6.45) is 1.01. The highest BCUT2D eigenvalue weighted by molar-refractivity contribution is 6.34. The molecule has 0 bridgehead atoms. The average Bonchev–Trinajstić information content (AvgIpc) is 3.32. The van der Waals surface area contributed by atoms with Crippen molar-refractivity contribution in [3.63, 3.8) is 0 Å². The molecule has 32 heavy (non-hydrogen) atoms. The van der Waals surface area contributed by atoms with Crippen molar-refractivity contribution < 1.29 is 19.5 Å². The van der Waals surface area contributed by atoms with Crippen LogP contribution in [0.4, 0.5) is 10.5 Å². The number of aliphatic carboxylic acids is 1. The third-order valence-electron chi connectivity index (χ3n) is 5.67. The Morgan fingerprint density at radius 3 is 2.47 bits per heavy atom. The zero-order valence-electron chi connectivity index (χ0n) is 16.9. The first-order valence-electron chi connectivity index (χ1n) is 9.86. The van der Waals surface area contributed by atoms with Crippen LogP contribution in [0.1, 0.15) is 5.56 Å². The van der Waals surface area contributed by atoms with Gasteiger partial charge in [0, 0.05) is 18.8 Å². The van der Waals surface area contributed by atoms with Crippen LogP contribution >= 0.6 is 11.6 Å². The van der Waals surface area contributed by atoms with E-state index in [1.54, 1.807) is 17.2 Å². The molecule has 162 valence electrons. The van der Waals surface area contributed by atoms with E-state index < -0.39 is 36.7 Å². The topological polar surface area (TPSA) is 96.8 Å². The number of nitrogens with zero attached hydrogens (tertiary/aromatic N) is 5. The van der Waals surface area contributed by atoms with Gasteiger partial charge in [0.15, 0.2) is 12.2 Å². The van der Waals surface area contributed by atoms with Crippen LogP contribution in [-0.4, -0.2) is 69.5 Å². The number of hydrogen-bond donors (Lipinski definition) is 1. The number of guanidine groups is 1. The number of urea groups is 1. The lowest BCUT2D eigenvalue weighted by atomic mass is 10.1. The third-order valence-corrected chi connectivity index (χ3v) is 5.99. The van der Waals surface area contributed by atoms with Crippen LogP contribution in [0.15, 0.2) is 65.8 Å². The second kappa shape index (κ2) is 7.38. The second-order valence-electron chi connectivity index (χ2n) is 7.57. The molecule has 0 aliphatic carbocycles. The Balaban J connectivity index is 1.63. The van der Waals surface area contributed by atoms with Crippen molar-refractivity contribution in [1.82, 2.24) is 14.7 Å². The number of carbonyl (C=O) groups is 3. The van der Waals surface area contributed by atoms with E-state index in [4.69, 9.17) is 16.6 Å². The fraction of sp³-hybridized carbons (Fsp3) is 0.182. The number of carboxylic acid groups (broad SMARTS) is 1. The van der Waals surface area contributed by atoms with Gasteiger partial charge in [-0.25, -0.2) is 9.79 Å². The molecule has 1 N–H and O–H groups in total. The average molecular weight is 452 g/mol. The first-order chi connectivity index (χ1) is 15.4. The number of benzene rings is 2. The Bertz CT molecular complexity index is 1200. The van der Waals surface area contributed by atoms with Gasteiger partial charge in [-0.2, -0.15) is 0 Å². The Morgan fingerprint density at radius 1 is 1.09 bits per heavy atom. The molecule has 0 radical (unpaired) electrons. The lowest BCUT2D eigenvalue weighted by Gasteiger charge is -2.39. The van der Waals surface area contributed by atoms with Crippen molar-refractivity contribution in [2.75, 3.05) is 18.5 Å². The van der Waals surface area contributed by atoms with Gasteiger partial charge < -0.3 is 10.0 Å². The summed E-state index contributed by atoms with van der Waals surface area (Å²) in [5.74, 6) is -1.43. The van der Waals surface area contributed by atoms with Crippen LogP contribution < -0.4 is 4.90 Å². The van der Waals surface area contributed by atoms with Gasteiger partial charge in [0.2, 0.25) is 5.96 Å². The van der Waals surface area contributed by atoms with Crippen molar-refractivity contribution in [3.05, 3.63) is 71.4 Å². The van der Waals surface area contributed by atoms with Gasteiger partial charge in [-0.1, -0.05) is 54.1 Å². The van der Waals surface area contributed by atoms with Crippen LogP contribution in [0.25, 0.3) is 5.70 Å². The molecule has 1 saturated heterocycles. The Labute approximate surface area is 188 Å². The summed E-state index contributed by atoms with van der Waals surface area (Å²) >= 11 is 6.51. The lowest BCUT2D eigenvalue weighted by molar-refractivity contribution is -0.146. The van der Waals surface area contributed by atoms with E-state index in [2.05, 4.69) is 0 Å². The van der Waals surface area contributed by atoms with Gasteiger partial charge >= 0.3 is 12.0 Å². The number of fused-ring (bicyclic) bond motifs is 3. The monoisotopic (exact) mass is 451 g/mol. The number of halogens is 1. The van der Waals surface area contributed by atoms with Crippen LogP contribution in [0, 0.1) is 0 Å². The minimum atomic E-state index is -1.27. The van der Waals surface area contributed by atoms with E-state index in [1.165, 1.54) is 11.9 Å². The Kier molecular flexibility index (Phi) is 4.63. The molecule has 0 spiro atoms. The van der Waals surface area contributed by atoms with Crippen LogP contribution in [0.5, 0.6) is 0 Å². The summed E-state index contributed by atoms with van der Waals surface area (Å²) in [7, 11) is 1.51. The first-order valence-corrected chi connectivity index (χ1v) is 10.2. The predicted molar refractivity (Wildman–Crippen MR) is 118 cm³/mol. The molecular weight excluding hydrogens is 434 g/mol. The highest BCUT2D eigenvalue weighted by Gasteiger charge is 2.55. The number of amides is 3. The van der Waals surface area contributed by atoms with Crippen molar-refractivity contribution in [2.45, 2.75) is 12.2 Å². The molecule has 3 aliphatic rings. The van der Waals surface area contributed by atoms with Crippen molar-refractivity contribution in [2.24, 2.45) is 4.99 Å². The summed E-state index contributed by atoms with van der Waals surface area (Å²) in [5.41, 5.74) is 2.32. The maximum atomic E-state index is 13.2. The minimum absolute atomic E-state index is 0.442. The van der Waals surface area contributed by atoms with E-state index in [0.717, 1.165) is 16.2 Å². The highest BCUT2D eigenvalue weighted by atomic mass is 35.5. The lowest BCUT2D eigenvalue weighted by Crippen LogP contribution is -2.65. The fourth-order valence-corrected chi connectivity index (χ4v) is 4.42. The first kappa shape index (κ1) is 20.1. The molecule has 2 atom stereocenters. The molecule has 0 aromatic heterocycles. The van der Waals surface area contributed by atoms with E-state index >= 15 is 0 Å². The number of carboxylic acids is 1. The summed E-state index contributed by atoms with van der Waals surface area (Å²) in [4.78, 5) is 47.4. The smallest absolute Gasteiger partial charge is 0.328 e. The SMILES string of the molecule is CN1C(=O)N(CC(=O)O)C(=O)C2C1N=C1N(c3ccccc3Cl)C(c3ccccc3)=CN12. The molecule has 2 aromatic rings. The summed E-state index contributed by atoms with van der Waals surface area (Å²) < 4.78 is 0. The zero-order valence-corrected chi connectivity index (χ0v) is 17.7. The molecule has 3 amide bonds. The quantitative estimate of drug-likeness (QED) is 0.767. The van der Waals surface area contributed by atoms with Crippen molar-refractivity contribution in [3.8, 4) is 0 Å². The van der Waals surface area contributed by atoms with Gasteiger partial charge in [0.05, 0.1) is 16.4 Å². The molecule has 1 fully saturated rings. The van der Waals surface area contributed by atoms with E-state index in [9.17, 15) is 19.5 Å². The molecule has 5 rings (SSSR count). The predicted octanol–water partition coefficient (Wildman–Crippen LogP) is 2.50. The molecule has 3 aliphatic heterocycles. The molecular formula is C22H18ClN5O4. The summed E-state index contributed by atoms with van der Waals surface area (Å²) in [6, 6.07) is 15.3. The largest absolute Gasteiger partial charge is 0.480 e. The number of aliphatic imine (C=N–C) groups is 1. The number of rotatable bonds is 4. The molecule has 0 saturated carbocycles. The van der Waals surface area contributed by atoms with Gasteiger partial charge in [-0.05, 0) is 12.1 Å². The van der Waals surface area contributed by atoms with Crippen molar-refractivity contribution >= 4 is 46.9 Å². The zero-order chi connectivity index (χ0) is 22.6. The van der Waals surface area contributed by atoms with E-state index in [0.29, 0.717) is 16.7 Å². The maximum Gasteiger partial charge on any atom is 0.328 e. The summed E-state index contributed by atoms with van der Waals surface area (Å²) in [5, 5.41) is 9.68. The van der Waals surface area contributed by atoms with Crippen LogP contribution in [0.3, 0.4) is 0 Å². The van der Waals surface area contributed by atoms with Gasteiger partial charge in [0.1, 0.15) is 6.54 Å². The molecule has 10 heteroatoms.